The fourth-order valence-corrected chi connectivity index (χ4v) is 1.59. The number of methoxy groups -OCH3 is 1. The van der Waals surface area contributed by atoms with Crippen molar-refractivity contribution in [2.45, 2.75) is 6.92 Å². The Bertz CT molecular complexity index is 482. The van der Waals surface area contributed by atoms with Gasteiger partial charge in [0.1, 0.15) is 25.2 Å². The first-order valence-electron chi connectivity index (χ1n) is 5.61. The number of carbonyl (C=O) groups is 1. The van der Waals surface area contributed by atoms with Gasteiger partial charge in [-0.15, -0.1) is 0 Å². The normalized spacial score (nSPS) is 14.0. The maximum Gasteiger partial charge on any atom is 0.294 e. The van der Waals surface area contributed by atoms with Crippen LogP contribution in [0.2, 0.25) is 0 Å². The summed E-state index contributed by atoms with van der Waals surface area (Å²) in [5, 5.41) is 2.73. The molecule has 1 heterocycles. The zero-order valence-corrected chi connectivity index (χ0v) is 10.4. The van der Waals surface area contributed by atoms with Crippen LogP contribution < -0.4 is 10.1 Å². The summed E-state index contributed by atoms with van der Waals surface area (Å²) in [7, 11) is 1.56. The molecule has 0 aliphatic carbocycles. The Kier molecular flexibility index (Phi) is 3.72. The molecular formula is C13H15NO4. The topological polar surface area (TPSA) is 56.8 Å². The lowest BCUT2D eigenvalue weighted by molar-refractivity contribution is -0.117. The van der Waals surface area contributed by atoms with E-state index >= 15 is 0 Å². The van der Waals surface area contributed by atoms with Crippen LogP contribution in [0.5, 0.6) is 5.75 Å². The summed E-state index contributed by atoms with van der Waals surface area (Å²) in [6.07, 6.45) is 1.32. The lowest BCUT2D eigenvalue weighted by Crippen LogP contribution is -2.21. The third kappa shape index (κ3) is 2.74. The van der Waals surface area contributed by atoms with E-state index in [0.717, 1.165) is 5.56 Å². The predicted molar refractivity (Wildman–Crippen MR) is 66.3 cm³/mol. The molecule has 1 aromatic carbocycles. The fourth-order valence-electron chi connectivity index (χ4n) is 1.59. The number of aryl methyl sites for hydroxylation is 1. The van der Waals surface area contributed by atoms with Crippen LogP contribution in [0.4, 0.5) is 5.69 Å². The van der Waals surface area contributed by atoms with Crippen molar-refractivity contribution in [1.82, 2.24) is 0 Å². The van der Waals surface area contributed by atoms with E-state index in [-0.39, 0.29) is 11.7 Å². The van der Waals surface area contributed by atoms with Crippen molar-refractivity contribution >= 4 is 11.6 Å². The zero-order valence-electron chi connectivity index (χ0n) is 10.4. The van der Waals surface area contributed by atoms with Gasteiger partial charge in [0.25, 0.3) is 5.91 Å². The van der Waals surface area contributed by atoms with Gasteiger partial charge in [-0.3, -0.25) is 4.79 Å². The fraction of sp³-hybridized carbons (Fsp3) is 0.308. The molecule has 5 heteroatoms. The Balaban J connectivity index is 2.15. The smallest absolute Gasteiger partial charge is 0.294 e. The molecule has 0 saturated carbocycles. The standard InChI is InChI=1S/C13H15NO4/c1-9-3-4-11(16-2)10(7-9)14-13(15)12-8-17-5-6-18-12/h3-4,7-8H,5-6H2,1-2H3,(H,14,15). The van der Waals surface area contributed by atoms with E-state index in [4.69, 9.17) is 14.2 Å². The number of carbonyl (C=O) groups excluding carboxylic acids is 1. The van der Waals surface area contributed by atoms with Crippen molar-refractivity contribution in [2.75, 3.05) is 25.6 Å². The summed E-state index contributed by atoms with van der Waals surface area (Å²) >= 11 is 0. The minimum Gasteiger partial charge on any atom is -0.495 e. The largest absolute Gasteiger partial charge is 0.495 e. The molecule has 0 bridgehead atoms. The molecule has 0 atom stereocenters. The van der Waals surface area contributed by atoms with Crippen LogP contribution in [0.25, 0.3) is 0 Å². The average molecular weight is 249 g/mol. The van der Waals surface area contributed by atoms with Crippen molar-refractivity contribution in [3.8, 4) is 5.75 Å². The maximum absolute atomic E-state index is 11.9. The highest BCUT2D eigenvalue weighted by Gasteiger charge is 2.16. The van der Waals surface area contributed by atoms with Gasteiger partial charge in [0.05, 0.1) is 12.8 Å². The lowest BCUT2D eigenvalue weighted by Gasteiger charge is -2.16. The summed E-state index contributed by atoms with van der Waals surface area (Å²) < 4.78 is 15.4. The second-order valence-electron chi connectivity index (χ2n) is 3.86. The van der Waals surface area contributed by atoms with Crippen LogP contribution in [0, 0.1) is 6.92 Å². The molecule has 1 N–H and O–H groups in total. The first-order chi connectivity index (χ1) is 8.70. The molecule has 1 aliphatic rings. The summed E-state index contributed by atoms with van der Waals surface area (Å²) in [5.41, 5.74) is 1.64. The van der Waals surface area contributed by atoms with E-state index in [1.165, 1.54) is 6.26 Å². The molecular weight excluding hydrogens is 234 g/mol. The SMILES string of the molecule is COc1ccc(C)cc1NC(=O)C1=COCCO1. The monoisotopic (exact) mass is 249 g/mol. The molecule has 96 valence electrons. The highest BCUT2D eigenvalue weighted by atomic mass is 16.6. The van der Waals surface area contributed by atoms with Gasteiger partial charge in [-0.1, -0.05) is 6.07 Å². The molecule has 0 aromatic heterocycles. The number of nitrogens with one attached hydrogen (secondary N) is 1. The minimum atomic E-state index is -0.349. The Labute approximate surface area is 105 Å². The van der Waals surface area contributed by atoms with Gasteiger partial charge in [0, 0.05) is 0 Å². The third-order valence-electron chi connectivity index (χ3n) is 2.48. The maximum atomic E-state index is 11.9. The number of benzene rings is 1. The van der Waals surface area contributed by atoms with Gasteiger partial charge >= 0.3 is 0 Å². The molecule has 2 rings (SSSR count). The number of rotatable bonds is 3. The predicted octanol–water partition coefficient (Wildman–Crippen LogP) is 1.83. The third-order valence-corrected chi connectivity index (χ3v) is 2.48. The minimum absolute atomic E-state index is 0.171. The second-order valence-corrected chi connectivity index (χ2v) is 3.86. The van der Waals surface area contributed by atoms with Gasteiger partial charge in [-0.05, 0) is 24.6 Å². The molecule has 18 heavy (non-hydrogen) atoms. The first-order valence-corrected chi connectivity index (χ1v) is 5.61. The molecule has 0 fully saturated rings. The van der Waals surface area contributed by atoms with Crippen LogP contribution in [0.15, 0.2) is 30.2 Å². The summed E-state index contributed by atoms with van der Waals surface area (Å²) in [6.45, 7) is 2.78. The lowest BCUT2D eigenvalue weighted by atomic mass is 10.2. The molecule has 1 aliphatic heterocycles. The van der Waals surface area contributed by atoms with E-state index < -0.39 is 0 Å². The summed E-state index contributed by atoms with van der Waals surface area (Å²) in [5.74, 6) is 0.426. The molecule has 0 spiro atoms. The van der Waals surface area contributed by atoms with Crippen LogP contribution in [-0.4, -0.2) is 26.2 Å². The van der Waals surface area contributed by atoms with E-state index in [1.807, 2.05) is 19.1 Å². The number of anilines is 1. The van der Waals surface area contributed by atoms with Crippen LogP contribution in [0.3, 0.4) is 0 Å². The molecule has 0 saturated heterocycles. The van der Waals surface area contributed by atoms with Gasteiger partial charge in [0.2, 0.25) is 5.76 Å². The zero-order chi connectivity index (χ0) is 13.0. The highest BCUT2D eigenvalue weighted by molar-refractivity contribution is 6.03. The first kappa shape index (κ1) is 12.3. The number of hydrogen-bond acceptors (Lipinski definition) is 4. The van der Waals surface area contributed by atoms with Crippen molar-refractivity contribution in [2.24, 2.45) is 0 Å². The van der Waals surface area contributed by atoms with Gasteiger partial charge < -0.3 is 19.5 Å². The van der Waals surface area contributed by atoms with Gasteiger partial charge in [-0.2, -0.15) is 0 Å². The van der Waals surface area contributed by atoms with Crippen molar-refractivity contribution < 1.29 is 19.0 Å². The van der Waals surface area contributed by atoms with Crippen molar-refractivity contribution in [3.63, 3.8) is 0 Å². The van der Waals surface area contributed by atoms with E-state index in [2.05, 4.69) is 5.32 Å². The number of ether oxygens (including phenoxy) is 3. The Morgan fingerprint density at radius 1 is 1.39 bits per heavy atom. The summed E-state index contributed by atoms with van der Waals surface area (Å²) in [6, 6.07) is 5.55. The Hall–Kier alpha value is -2.17. The molecule has 0 radical (unpaired) electrons. The van der Waals surface area contributed by atoms with Crippen LogP contribution >= 0.6 is 0 Å². The Morgan fingerprint density at radius 2 is 2.22 bits per heavy atom. The average Bonchev–Trinajstić information content (AvgIpc) is 2.40. The number of amides is 1. The van der Waals surface area contributed by atoms with Crippen molar-refractivity contribution in [3.05, 3.63) is 35.8 Å². The van der Waals surface area contributed by atoms with Crippen LogP contribution in [-0.2, 0) is 14.3 Å². The van der Waals surface area contributed by atoms with Gasteiger partial charge in [-0.25, -0.2) is 0 Å². The molecule has 0 unspecified atom stereocenters. The highest BCUT2D eigenvalue weighted by Crippen LogP contribution is 2.25. The van der Waals surface area contributed by atoms with E-state index in [1.54, 1.807) is 13.2 Å². The van der Waals surface area contributed by atoms with Crippen molar-refractivity contribution in [1.29, 1.82) is 0 Å². The van der Waals surface area contributed by atoms with E-state index in [9.17, 15) is 4.79 Å². The molecule has 5 nitrogen and oxygen atoms in total. The second kappa shape index (κ2) is 5.44. The summed E-state index contributed by atoms with van der Waals surface area (Å²) in [4.78, 5) is 11.9. The molecule has 1 aromatic rings. The quantitative estimate of drug-likeness (QED) is 0.888. The number of hydrogen-bond donors (Lipinski definition) is 1. The van der Waals surface area contributed by atoms with Crippen LogP contribution in [0.1, 0.15) is 5.56 Å². The van der Waals surface area contributed by atoms with E-state index in [0.29, 0.717) is 24.7 Å². The molecule has 1 amide bonds. The van der Waals surface area contributed by atoms with Gasteiger partial charge in [0.15, 0.2) is 0 Å². The Morgan fingerprint density at radius 3 is 2.89 bits per heavy atom.